The molecule has 0 bridgehead atoms. The molecule has 182 valence electrons. The topological polar surface area (TPSA) is 106 Å². The maximum absolute atomic E-state index is 14.4. The zero-order chi connectivity index (χ0) is 24.6. The molecule has 0 radical (unpaired) electrons. The molecule has 2 heterocycles. The van der Waals surface area contributed by atoms with Gasteiger partial charge in [0.15, 0.2) is 6.61 Å². The van der Waals surface area contributed by atoms with Crippen LogP contribution in [-0.4, -0.2) is 31.9 Å². The molecule has 3 N–H and O–H groups in total. The number of carbonyl (C=O) groups is 1. The first-order chi connectivity index (χ1) is 16.1. The van der Waals surface area contributed by atoms with E-state index in [0.717, 1.165) is 6.42 Å². The first-order valence-corrected chi connectivity index (χ1v) is 11.4. The van der Waals surface area contributed by atoms with Crippen LogP contribution in [0.2, 0.25) is 0 Å². The van der Waals surface area contributed by atoms with Crippen molar-refractivity contribution in [1.82, 2.24) is 9.13 Å². The molecular weight excluding hydrogens is 441 g/mol. The van der Waals surface area contributed by atoms with Crippen LogP contribution < -0.4 is 15.7 Å². The highest BCUT2D eigenvalue weighted by Crippen LogP contribution is 2.41. The highest BCUT2D eigenvalue weighted by atomic mass is 19.1. The lowest BCUT2D eigenvalue weighted by molar-refractivity contribution is -0.118. The van der Waals surface area contributed by atoms with Crippen molar-refractivity contribution in [3.63, 3.8) is 0 Å². The number of aromatic nitrogens is 2. The first kappa shape index (κ1) is 23.8. The monoisotopic (exact) mass is 471 g/mol. The Kier molecular flexibility index (Phi) is 6.40. The van der Waals surface area contributed by atoms with Gasteiger partial charge in [0, 0.05) is 25.2 Å². The molecule has 34 heavy (non-hydrogen) atoms. The van der Waals surface area contributed by atoms with Gasteiger partial charge in [-0.1, -0.05) is 19.9 Å². The van der Waals surface area contributed by atoms with Crippen LogP contribution in [0.4, 0.5) is 10.1 Å². The van der Waals surface area contributed by atoms with E-state index in [2.05, 4.69) is 19.2 Å². The molecule has 1 aromatic heterocycles. The number of phenolic OH excluding ortho intramolecular Hbond substituents is 1. The quantitative estimate of drug-likeness (QED) is 0.463. The summed E-state index contributed by atoms with van der Waals surface area (Å²) in [4.78, 5) is 24.2. The number of fused-ring (bicyclic) bond motifs is 2. The minimum Gasteiger partial charge on any atom is -0.508 e. The second kappa shape index (κ2) is 9.13. The van der Waals surface area contributed by atoms with Gasteiger partial charge in [-0.05, 0) is 49.3 Å². The number of imidazole rings is 1. The van der Waals surface area contributed by atoms with Gasteiger partial charge in [0.25, 0.3) is 5.91 Å². The van der Waals surface area contributed by atoms with Gasteiger partial charge in [0.1, 0.15) is 22.8 Å². The van der Waals surface area contributed by atoms with Crippen LogP contribution in [0, 0.1) is 11.2 Å². The molecule has 0 fully saturated rings. The Morgan fingerprint density at radius 3 is 2.76 bits per heavy atom. The molecule has 0 aliphatic carbocycles. The third kappa shape index (κ3) is 4.65. The molecule has 3 aromatic rings. The molecule has 1 atom stereocenters. The molecule has 4 rings (SSSR count). The molecule has 1 aliphatic rings. The van der Waals surface area contributed by atoms with Crippen LogP contribution >= 0.6 is 0 Å². The smallest absolute Gasteiger partial charge is 0.328 e. The summed E-state index contributed by atoms with van der Waals surface area (Å²) in [5, 5.41) is 23.5. The van der Waals surface area contributed by atoms with Gasteiger partial charge in [-0.25, -0.2) is 9.18 Å². The number of benzene rings is 2. The van der Waals surface area contributed by atoms with Gasteiger partial charge in [-0.2, -0.15) is 0 Å². The summed E-state index contributed by atoms with van der Waals surface area (Å²) >= 11 is 0. The second-order valence-corrected chi connectivity index (χ2v) is 9.67. The summed E-state index contributed by atoms with van der Waals surface area (Å²) in [7, 11) is 1.64. The molecule has 0 saturated carbocycles. The average molecular weight is 472 g/mol. The minimum absolute atomic E-state index is 0.0642. The number of amides is 1. The largest absolute Gasteiger partial charge is 0.508 e. The second-order valence-electron chi connectivity index (χ2n) is 9.67. The van der Waals surface area contributed by atoms with Crippen molar-refractivity contribution < 1.29 is 24.1 Å². The summed E-state index contributed by atoms with van der Waals surface area (Å²) in [5.74, 6) is -0.416. The fourth-order valence-corrected chi connectivity index (χ4v) is 4.61. The molecule has 0 saturated heterocycles. The van der Waals surface area contributed by atoms with Crippen LogP contribution in [-0.2, 0) is 18.4 Å². The Hall–Kier alpha value is -3.33. The maximum atomic E-state index is 14.4. The predicted octanol–water partition coefficient (Wildman–Crippen LogP) is 3.84. The average Bonchev–Trinajstić information content (AvgIpc) is 3.02. The lowest BCUT2D eigenvalue weighted by atomic mass is 9.81. The standard InChI is InChI=1S/C25H30FN3O5/c1-25(2,9-5-11-29-22-17(26)6-4-7-19(22)28(3)24(29)33)10-8-20(31)16-12-15(30)13-18-23(16)34-14-21(32)27-18/h4,6-7,12-13,20,30-31H,5,8-11,14H2,1-3H3,(H,27,32). The van der Waals surface area contributed by atoms with E-state index < -0.39 is 11.9 Å². The molecular formula is C25H30FN3O5. The molecule has 1 aliphatic heterocycles. The number of para-hydroxylation sites is 1. The molecule has 9 heteroatoms. The van der Waals surface area contributed by atoms with Crippen LogP contribution in [0.25, 0.3) is 11.0 Å². The first-order valence-electron chi connectivity index (χ1n) is 11.4. The SMILES string of the molecule is Cn1c(=O)n(CCCC(C)(C)CCC(O)c2cc(O)cc3c2OCC(=O)N3)c2c(F)cccc21. The number of phenols is 1. The number of nitrogens with zero attached hydrogens (tertiary/aromatic N) is 2. The van der Waals surface area contributed by atoms with E-state index in [0.29, 0.717) is 53.8 Å². The molecule has 8 nitrogen and oxygen atoms in total. The number of aromatic hydroxyl groups is 1. The fraction of sp³-hybridized carbons (Fsp3) is 0.440. The third-order valence-corrected chi connectivity index (χ3v) is 6.53. The number of nitrogens with one attached hydrogen (secondary N) is 1. The number of rotatable bonds is 8. The van der Waals surface area contributed by atoms with E-state index in [1.54, 1.807) is 19.2 Å². The Balaban J connectivity index is 1.40. The Bertz CT molecular complexity index is 1290. The van der Waals surface area contributed by atoms with E-state index >= 15 is 0 Å². The molecule has 1 amide bonds. The normalized spacial score (nSPS) is 14.6. The molecule has 0 spiro atoms. The highest BCUT2D eigenvalue weighted by Gasteiger charge is 2.26. The van der Waals surface area contributed by atoms with Gasteiger partial charge in [-0.15, -0.1) is 0 Å². The van der Waals surface area contributed by atoms with Crippen molar-refractivity contribution in [2.75, 3.05) is 11.9 Å². The summed E-state index contributed by atoms with van der Waals surface area (Å²) in [6, 6.07) is 7.54. The van der Waals surface area contributed by atoms with E-state index in [9.17, 15) is 24.2 Å². The van der Waals surface area contributed by atoms with E-state index in [4.69, 9.17) is 4.74 Å². The molecule has 1 unspecified atom stereocenters. The van der Waals surface area contributed by atoms with E-state index in [1.165, 1.54) is 27.3 Å². The Labute approximate surface area is 196 Å². The van der Waals surface area contributed by atoms with Crippen molar-refractivity contribution in [3.8, 4) is 11.5 Å². The minimum atomic E-state index is -0.884. The van der Waals surface area contributed by atoms with Gasteiger partial charge >= 0.3 is 5.69 Å². The van der Waals surface area contributed by atoms with Crippen molar-refractivity contribution in [2.24, 2.45) is 12.5 Å². The van der Waals surface area contributed by atoms with Crippen LogP contribution in [0.1, 0.15) is 51.2 Å². The van der Waals surface area contributed by atoms with Gasteiger partial charge in [0.05, 0.1) is 17.3 Å². The van der Waals surface area contributed by atoms with Gasteiger partial charge in [0.2, 0.25) is 0 Å². The lowest BCUT2D eigenvalue weighted by Gasteiger charge is -2.27. The number of hydrogen-bond acceptors (Lipinski definition) is 5. The number of ether oxygens (including phenoxy) is 1. The zero-order valence-corrected chi connectivity index (χ0v) is 19.6. The van der Waals surface area contributed by atoms with Crippen molar-refractivity contribution in [1.29, 1.82) is 0 Å². The summed E-state index contributed by atoms with van der Waals surface area (Å²) in [5.41, 5.74) is 1.28. The van der Waals surface area contributed by atoms with Crippen molar-refractivity contribution in [2.45, 2.75) is 52.2 Å². The van der Waals surface area contributed by atoms with Crippen LogP contribution in [0.3, 0.4) is 0 Å². The summed E-state index contributed by atoms with van der Waals surface area (Å²) < 4.78 is 22.8. The number of aryl methyl sites for hydroxylation is 2. The zero-order valence-electron chi connectivity index (χ0n) is 19.6. The van der Waals surface area contributed by atoms with Crippen LogP contribution in [0.5, 0.6) is 11.5 Å². The Morgan fingerprint density at radius 2 is 2.00 bits per heavy atom. The van der Waals surface area contributed by atoms with E-state index in [1.807, 2.05) is 0 Å². The van der Waals surface area contributed by atoms with Crippen LogP contribution in [0.15, 0.2) is 35.1 Å². The van der Waals surface area contributed by atoms with Gasteiger partial charge < -0.3 is 20.3 Å². The number of halogens is 1. The number of anilines is 1. The summed E-state index contributed by atoms with van der Waals surface area (Å²) in [6.07, 6.45) is 1.65. The van der Waals surface area contributed by atoms with Crippen molar-refractivity contribution in [3.05, 3.63) is 52.2 Å². The number of aliphatic hydroxyl groups excluding tert-OH is 1. The number of aliphatic hydroxyl groups is 1. The van der Waals surface area contributed by atoms with Crippen molar-refractivity contribution >= 4 is 22.6 Å². The van der Waals surface area contributed by atoms with E-state index in [-0.39, 0.29) is 29.4 Å². The summed E-state index contributed by atoms with van der Waals surface area (Å²) in [6.45, 7) is 4.43. The Morgan fingerprint density at radius 1 is 1.24 bits per heavy atom. The highest BCUT2D eigenvalue weighted by molar-refractivity contribution is 5.96. The lowest BCUT2D eigenvalue weighted by Crippen LogP contribution is -2.26. The van der Waals surface area contributed by atoms with Gasteiger partial charge in [-0.3, -0.25) is 13.9 Å². The number of hydrogen-bond donors (Lipinski definition) is 3. The predicted molar refractivity (Wildman–Crippen MR) is 127 cm³/mol. The maximum Gasteiger partial charge on any atom is 0.328 e. The third-order valence-electron chi connectivity index (χ3n) is 6.53. The molecule has 2 aromatic carbocycles. The number of carbonyl (C=O) groups excluding carboxylic acids is 1. The fourth-order valence-electron chi connectivity index (χ4n) is 4.61.